The summed E-state index contributed by atoms with van der Waals surface area (Å²) in [6, 6.07) is 9.20. The third kappa shape index (κ3) is 2.52. The van der Waals surface area contributed by atoms with E-state index < -0.39 is 10.6 Å². The average Bonchev–Trinajstić information content (AvgIpc) is 2.05. The van der Waals surface area contributed by atoms with E-state index in [2.05, 4.69) is 0 Å². The highest BCUT2D eigenvalue weighted by atomic mass is 16.6. The molecule has 0 aromatic heterocycles. The quantitative estimate of drug-likeness (QED) is 0.431. The maximum absolute atomic E-state index is 10.5. The van der Waals surface area contributed by atoms with Gasteiger partial charge in [0.25, 0.3) is 5.66 Å². The Kier molecular flexibility index (Phi) is 2.63. The summed E-state index contributed by atoms with van der Waals surface area (Å²) in [5.41, 5.74) is 5.00. The summed E-state index contributed by atoms with van der Waals surface area (Å²) in [4.78, 5) is 10.0. The molecule has 4 nitrogen and oxygen atoms in total. The highest BCUT2D eigenvalue weighted by molar-refractivity contribution is 5.16. The molecule has 1 rings (SSSR count). The molecule has 0 amide bonds. The van der Waals surface area contributed by atoms with Gasteiger partial charge in [-0.15, -0.1) is 0 Å². The SMILES string of the molecule is CC(N)(Cc1ccccc1)[N+](=O)[O-]. The van der Waals surface area contributed by atoms with Gasteiger partial charge in [0.2, 0.25) is 0 Å². The van der Waals surface area contributed by atoms with Gasteiger partial charge in [-0.25, -0.2) is 0 Å². The molecule has 0 saturated carbocycles. The van der Waals surface area contributed by atoms with Crippen molar-refractivity contribution < 1.29 is 4.92 Å². The largest absolute Gasteiger partial charge is 0.273 e. The summed E-state index contributed by atoms with van der Waals surface area (Å²) in [5.74, 6) is 0. The second kappa shape index (κ2) is 3.53. The molecule has 0 aliphatic rings. The van der Waals surface area contributed by atoms with E-state index in [1.807, 2.05) is 30.3 Å². The van der Waals surface area contributed by atoms with Gasteiger partial charge < -0.3 is 0 Å². The smallest absolute Gasteiger partial charge is 0.266 e. The van der Waals surface area contributed by atoms with E-state index in [0.29, 0.717) is 0 Å². The van der Waals surface area contributed by atoms with Gasteiger partial charge in [-0.3, -0.25) is 15.8 Å². The van der Waals surface area contributed by atoms with E-state index in [9.17, 15) is 10.1 Å². The number of nitrogens with zero attached hydrogens (tertiary/aromatic N) is 1. The fraction of sp³-hybridized carbons (Fsp3) is 0.333. The summed E-state index contributed by atoms with van der Waals surface area (Å²) in [6.07, 6.45) is 0.251. The summed E-state index contributed by atoms with van der Waals surface area (Å²) in [5, 5.41) is 10.5. The Morgan fingerprint density at radius 3 is 2.46 bits per heavy atom. The first kappa shape index (κ1) is 9.67. The van der Waals surface area contributed by atoms with Crippen LogP contribution < -0.4 is 5.73 Å². The summed E-state index contributed by atoms with van der Waals surface area (Å²) in [6.45, 7) is 1.42. The third-order valence-corrected chi connectivity index (χ3v) is 1.82. The van der Waals surface area contributed by atoms with E-state index in [1.54, 1.807) is 0 Å². The molecule has 0 bridgehead atoms. The van der Waals surface area contributed by atoms with Crippen molar-refractivity contribution in [2.75, 3.05) is 0 Å². The molecular weight excluding hydrogens is 168 g/mol. The Balaban J connectivity index is 2.75. The molecule has 1 atom stereocenters. The van der Waals surface area contributed by atoms with Crippen LogP contribution in [0, 0.1) is 10.1 Å². The molecule has 13 heavy (non-hydrogen) atoms. The highest BCUT2D eigenvalue weighted by Crippen LogP contribution is 2.10. The highest BCUT2D eigenvalue weighted by Gasteiger charge is 2.31. The maximum atomic E-state index is 10.5. The van der Waals surface area contributed by atoms with Gasteiger partial charge >= 0.3 is 0 Å². The first-order valence-electron chi connectivity index (χ1n) is 4.00. The lowest BCUT2D eigenvalue weighted by molar-refractivity contribution is -0.564. The van der Waals surface area contributed by atoms with Crippen LogP contribution in [0.15, 0.2) is 30.3 Å². The van der Waals surface area contributed by atoms with Gasteiger partial charge in [-0.2, -0.15) is 0 Å². The van der Waals surface area contributed by atoms with Gasteiger partial charge in [0, 0.05) is 11.8 Å². The molecule has 0 heterocycles. The monoisotopic (exact) mass is 180 g/mol. The lowest BCUT2D eigenvalue weighted by Gasteiger charge is -2.14. The minimum atomic E-state index is -1.37. The van der Waals surface area contributed by atoms with Crippen LogP contribution in [0.3, 0.4) is 0 Å². The fourth-order valence-corrected chi connectivity index (χ4v) is 1.07. The molecule has 0 aliphatic carbocycles. The minimum Gasteiger partial charge on any atom is -0.266 e. The predicted octanol–water partition coefficient (Wildman–Crippen LogP) is 1.18. The van der Waals surface area contributed by atoms with Crippen molar-refractivity contribution >= 4 is 0 Å². The topological polar surface area (TPSA) is 69.2 Å². The third-order valence-electron chi connectivity index (χ3n) is 1.82. The van der Waals surface area contributed by atoms with Crippen LogP contribution in [0.4, 0.5) is 0 Å². The molecule has 4 heteroatoms. The minimum absolute atomic E-state index is 0.251. The predicted molar refractivity (Wildman–Crippen MR) is 49.7 cm³/mol. The second-order valence-corrected chi connectivity index (χ2v) is 3.28. The first-order chi connectivity index (χ1) is 6.02. The van der Waals surface area contributed by atoms with Crippen molar-refractivity contribution in [1.82, 2.24) is 0 Å². The van der Waals surface area contributed by atoms with Crippen LogP contribution in [0.1, 0.15) is 12.5 Å². The normalized spacial score (nSPS) is 14.9. The van der Waals surface area contributed by atoms with Gasteiger partial charge in [-0.05, 0) is 5.56 Å². The number of rotatable bonds is 3. The molecule has 0 radical (unpaired) electrons. The molecule has 0 saturated heterocycles. The Labute approximate surface area is 76.5 Å². The molecule has 0 spiro atoms. The van der Waals surface area contributed by atoms with Gasteiger partial charge in [0.1, 0.15) is 0 Å². The van der Waals surface area contributed by atoms with E-state index in [0.717, 1.165) is 5.56 Å². The average molecular weight is 180 g/mol. The van der Waals surface area contributed by atoms with Gasteiger partial charge in [0.05, 0.1) is 6.42 Å². The van der Waals surface area contributed by atoms with Crippen molar-refractivity contribution in [1.29, 1.82) is 0 Å². The van der Waals surface area contributed by atoms with E-state index in [-0.39, 0.29) is 6.42 Å². The van der Waals surface area contributed by atoms with Crippen LogP contribution in [0.5, 0.6) is 0 Å². The molecule has 2 N–H and O–H groups in total. The fourth-order valence-electron chi connectivity index (χ4n) is 1.07. The number of nitro groups is 1. The Bertz CT molecular complexity index is 296. The zero-order valence-corrected chi connectivity index (χ0v) is 7.43. The van der Waals surface area contributed by atoms with Crippen LogP contribution in [0.25, 0.3) is 0 Å². The number of hydrogen-bond donors (Lipinski definition) is 1. The van der Waals surface area contributed by atoms with Crippen molar-refractivity contribution in [2.24, 2.45) is 5.73 Å². The molecule has 1 aromatic carbocycles. The molecular formula is C9H12N2O2. The molecule has 0 aliphatic heterocycles. The zero-order valence-electron chi connectivity index (χ0n) is 7.43. The van der Waals surface area contributed by atoms with Crippen LogP contribution in [-0.2, 0) is 6.42 Å². The van der Waals surface area contributed by atoms with Gasteiger partial charge in [0.15, 0.2) is 0 Å². The molecule has 70 valence electrons. The van der Waals surface area contributed by atoms with Crippen molar-refractivity contribution in [3.05, 3.63) is 46.0 Å². The van der Waals surface area contributed by atoms with Crippen LogP contribution in [0.2, 0.25) is 0 Å². The number of hydrogen-bond acceptors (Lipinski definition) is 3. The standard InChI is InChI=1S/C9H12N2O2/c1-9(10,11(12)13)7-8-5-3-2-4-6-8/h2-6H,7,10H2,1H3. The summed E-state index contributed by atoms with van der Waals surface area (Å²) >= 11 is 0. The van der Waals surface area contributed by atoms with Crippen molar-refractivity contribution in [3.63, 3.8) is 0 Å². The maximum Gasteiger partial charge on any atom is 0.273 e. The second-order valence-electron chi connectivity index (χ2n) is 3.28. The molecule has 0 fully saturated rings. The molecule has 1 unspecified atom stereocenters. The van der Waals surface area contributed by atoms with E-state index in [4.69, 9.17) is 5.73 Å². The van der Waals surface area contributed by atoms with Crippen molar-refractivity contribution in [2.45, 2.75) is 19.0 Å². The Morgan fingerprint density at radius 2 is 2.00 bits per heavy atom. The number of nitrogens with two attached hydrogens (primary N) is 1. The number of benzene rings is 1. The van der Waals surface area contributed by atoms with Crippen LogP contribution >= 0.6 is 0 Å². The van der Waals surface area contributed by atoms with E-state index in [1.165, 1.54) is 6.92 Å². The van der Waals surface area contributed by atoms with Gasteiger partial charge in [-0.1, -0.05) is 30.3 Å². The van der Waals surface area contributed by atoms with Crippen LogP contribution in [-0.4, -0.2) is 10.6 Å². The Morgan fingerprint density at radius 1 is 1.46 bits per heavy atom. The van der Waals surface area contributed by atoms with E-state index >= 15 is 0 Å². The lowest BCUT2D eigenvalue weighted by Crippen LogP contribution is -2.46. The lowest BCUT2D eigenvalue weighted by atomic mass is 10.0. The summed E-state index contributed by atoms with van der Waals surface area (Å²) < 4.78 is 0. The first-order valence-corrected chi connectivity index (χ1v) is 4.00. The molecule has 1 aromatic rings. The summed E-state index contributed by atoms with van der Waals surface area (Å²) in [7, 11) is 0. The Hall–Kier alpha value is -1.42. The van der Waals surface area contributed by atoms with Crippen molar-refractivity contribution in [3.8, 4) is 0 Å². The zero-order chi connectivity index (χ0) is 9.90.